The van der Waals surface area contributed by atoms with Crippen molar-refractivity contribution in [2.75, 3.05) is 0 Å². The largest absolute Gasteiger partial charge is 0.458 e. The highest BCUT2D eigenvalue weighted by Crippen LogP contribution is 2.29. The van der Waals surface area contributed by atoms with Crippen LogP contribution in [0.3, 0.4) is 0 Å². The minimum Gasteiger partial charge on any atom is -0.458 e. The lowest BCUT2D eigenvalue weighted by Crippen LogP contribution is -2.42. The molecule has 0 radical (unpaired) electrons. The summed E-state index contributed by atoms with van der Waals surface area (Å²) in [6, 6.07) is 0. The molecular weight excluding hydrogens is 248 g/mol. The van der Waals surface area contributed by atoms with Gasteiger partial charge in [-0.1, -0.05) is 12.2 Å². The molecule has 0 aromatic rings. The van der Waals surface area contributed by atoms with Gasteiger partial charge in [-0.25, -0.2) is 0 Å². The van der Waals surface area contributed by atoms with Gasteiger partial charge in [0.15, 0.2) is 6.10 Å². The van der Waals surface area contributed by atoms with Gasteiger partial charge in [-0.05, 0) is 25.7 Å². The van der Waals surface area contributed by atoms with Crippen LogP contribution in [0.4, 0.5) is 0 Å². The predicted molar refractivity (Wildman–Crippen MR) is 67.4 cm³/mol. The molecule has 2 bridgehead atoms. The highest BCUT2D eigenvalue weighted by atomic mass is 16.6. The lowest BCUT2D eigenvalue weighted by Gasteiger charge is -2.29. The van der Waals surface area contributed by atoms with Crippen LogP contribution >= 0.6 is 0 Å². The van der Waals surface area contributed by atoms with Crippen LogP contribution in [0.5, 0.6) is 0 Å². The first-order chi connectivity index (χ1) is 9.06. The third kappa shape index (κ3) is 3.80. The van der Waals surface area contributed by atoms with Crippen LogP contribution in [-0.4, -0.2) is 36.4 Å². The Morgan fingerprint density at radius 2 is 1.84 bits per heavy atom. The molecule has 106 valence electrons. The number of fused-ring (bicyclic) bond motifs is 2. The Bertz CT molecular complexity index is 376. The second-order valence-electron chi connectivity index (χ2n) is 5.02. The van der Waals surface area contributed by atoms with Crippen molar-refractivity contribution in [1.82, 2.24) is 0 Å². The van der Waals surface area contributed by atoms with E-state index < -0.39 is 12.2 Å². The summed E-state index contributed by atoms with van der Waals surface area (Å²) in [5, 5.41) is 0. The van der Waals surface area contributed by atoms with Gasteiger partial charge in [0.1, 0.15) is 6.10 Å². The lowest BCUT2D eigenvalue weighted by molar-refractivity contribution is -0.176. The zero-order valence-corrected chi connectivity index (χ0v) is 11.3. The first-order valence-electron chi connectivity index (χ1n) is 6.73. The van der Waals surface area contributed by atoms with E-state index in [1.54, 1.807) is 0 Å². The zero-order chi connectivity index (χ0) is 13.8. The third-order valence-corrected chi connectivity index (χ3v) is 3.41. The lowest BCUT2D eigenvalue weighted by atomic mass is 9.99. The van der Waals surface area contributed by atoms with Crippen molar-refractivity contribution in [2.45, 2.75) is 63.9 Å². The van der Waals surface area contributed by atoms with Gasteiger partial charge in [0.2, 0.25) is 0 Å². The first-order valence-corrected chi connectivity index (χ1v) is 6.73. The van der Waals surface area contributed by atoms with Crippen LogP contribution in [0, 0.1) is 0 Å². The van der Waals surface area contributed by atoms with E-state index in [2.05, 4.69) is 6.08 Å². The van der Waals surface area contributed by atoms with Crippen LogP contribution in [0.1, 0.15) is 39.5 Å². The molecule has 2 aliphatic rings. The molecule has 0 amide bonds. The second kappa shape index (κ2) is 6.19. The molecule has 4 atom stereocenters. The highest BCUT2D eigenvalue weighted by Gasteiger charge is 2.39. The molecule has 0 aliphatic carbocycles. The monoisotopic (exact) mass is 268 g/mol. The van der Waals surface area contributed by atoms with Gasteiger partial charge >= 0.3 is 11.9 Å². The van der Waals surface area contributed by atoms with E-state index in [0.29, 0.717) is 6.42 Å². The molecule has 2 unspecified atom stereocenters. The molecule has 0 aromatic carbocycles. The number of carbonyl (C=O) groups excluding carboxylic acids is 2. The Morgan fingerprint density at radius 3 is 2.53 bits per heavy atom. The summed E-state index contributed by atoms with van der Waals surface area (Å²) in [6.45, 7) is 2.73. The van der Waals surface area contributed by atoms with Gasteiger partial charge in [-0.2, -0.15) is 0 Å². The average molecular weight is 268 g/mol. The minimum atomic E-state index is -0.508. The van der Waals surface area contributed by atoms with Crippen molar-refractivity contribution in [2.24, 2.45) is 0 Å². The Balaban J connectivity index is 2.17. The number of esters is 2. The molecule has 0 N–H and O–H groups in total. The highest BCUT2D eigenvalue weighted by molar-refractivity contribution is 5.67. The van der Waals surface area contributed by atoms with Gasteiger partial charge < -0.3 is 14.2 Å². The van der Waals surface area contributed by atoms with Crippen molar-refractivity contribution in [3.63, 3.8) is 0 Å². The van der Waals surface area contributed by atoms with Gasteiger partial charge in [-0.15, -0.1) is 0 Å². The molecular formula is C14H20O5. The first kappa shape index (κ1) is 14.1. The minimum absolute atomic E-state index is 0.0196. The topological polar surface area (TPSA) is 61.8 Å². The van der Waals surface area contributed by atoms with Crippen molar-refractivity contribution in [3.8, 4) is 0 Å². The number of hydrogen-bond donors (Lipinski definition) is 0. The average Bonchev–Trinajstić information content (AvgIpc) is 2.63. The number of allylic oxidation sites excluding steroid dienone is 1. The van der Waals surface area contributed by atoms with Crippen molar-refractivity contribution < 1.29 is 23.8 Å². The van der Waals surface area contributed by atoms with Crippen LogP contribution in [0.15, 0.2) is 12.2 Å². The number of rotatable bonds is 2. The van der Waals surface area contributed by atoms with Crippen LogP contribution in [-0.2, 0) is 23.8 Å². The van der Waals surface area contributed by atoms with Crippen LogP contribution in [0.25, 0.3) is 0 Å². The maximum absolute atomic E-state index is 11.3. The Morgan fingerprint density at radius 1 is 1.11 bits per heavy atom. The van der Waals surface area contributed by atoms with Crippen molar-refractivity contribution in [3.05, 3.63) is 12.2 Å². The van der Waals surface area contributed by atoms with Gasteiger partial charge in [0.25, 0.3) is 0 Å². The maximum atomic E-state index is 11.3. The normalized spacial score (nSPS) is 34.0. The quantitative estimate of drug-likeness (QED) is 0.564. The Kier molecular flexibility index (Phi) is 4.58. The second-order valence-corrected chi connectivity index (χ2v) is 5.02. The zero-order valence-electron chi connectivity index (χ0n) is 11.3. The number of carbonyl (C=O) groups is 2. The molecule has 2 aliphatic heterocycles. The molecule has 5 nitrogen and oxygen atoms in total. The third-order valence-electron chi connectivity index (χ3n) is 3.41. The molecule has 2 rings (SSSR count). The Hall–Kier alpha value is -1.36. The fourth-order valence-corrected chi connectivity index (χ4v) is 2.67. The molecule has 0 saturated carbocycles. The van der Waals surface area contributed by atoms with Crippen molar-refractivity contribution >= 4 is 11.9 Å². The summed E-state index contributed by atoms with van der Waals surface area (Å²) in [5.41, 5.74) is 0. The van der Waals surface area contributed by atoms with Gasteiger partial charge in [-0.3, -0.25) is 9.59 Å². The standard InChI is InChI=1S/C14H20O5/c1-9(15)17-13-8-7-11-5-3-4-6-12(19-11)14(13)18-10(2)16/h3,5,11-14H,4,6-8H2,1-2H3/t11?,12?,13-,14-/m0/s1. The summed E-state index contributed by atoms with van der Waals surface area (Å²) >= 11 is 0. The van der Waals surface area contributed by atoms with Crippen LogP contribution < -0.4 is 0 Å². The smallest absolute Gasteiger partial charge is 0.303 e. The fourth-order valence-electron chi connectivity index (χ4n) is 2.67. The Labute approximate surface area is 112 Å². The number of ether oxygens (including phenoxy) is 3. The SMILES string of the molecule is CC(=O)O[C@H]1CCC2C=CCCC(O2)[C@@H]1OC(C)=O. The molecule has 0 aromatic heterocycles. The van der Waals surface area contributed by atoms with E-state index in [1.165, 1.54) is 13.8 Å². The maximum Gasteiger partial charge on any atom is 0.303 e. The summed E-state index contributed by atoms with van der Waals surface area (Å²) in [6.07, 6.45) is 6.08. The summed E-state index contributed by atoms with van der Waals surface area (Å²) in [4.78, 5) is 22.5. The summed E-state index contributed by atoms with van der Waals surface area (Å²) in [7, 11) is 0. The molecule has 5 heteroatoms. The van der Waals surface area contributed by atoms with E-state index >= 15 is 0 Å². The van der Waals surface area contributed by atoms with Gasteiger partial charge in [0.05, 0.1) is 12.2 Å². The summed E-state index contributed by atoms with van der Waals surface area (Å²) in [5.74, 6) is -0.728. The molecule has 0 spiro atoms. The van der Waals surface area contributed by atoms with E-state index in [0.717, 1.165) is 19.3 Å². The molecule has 1 saturated heterocycles. The van der Waals surface area contributed by atoms with Crippen molar-refractivity contribution in [1.29, 1.82) is 0 Å². The molecule has 2 heterocycles. The molecule has 1 fully saturated rings. The van der Waals surface area contributed by atoms with E-state index in [4.69, 9.17) is 14.2 Å². The predicted octanol–water partition coefficient (Wildman–Crippen LogP) is 1.75. The van der Waals surface area contributed by atoms with E-state index in [-0.39, 0.29) is 24.1 Å². The van der Waals surface area contributed by atoms with Gasteiger partial charge in [0, 0.05) is 13.8 Å². The summed E-state index contributed by atoms with van der Waals surface area (Å²) < 4.78 is 16.6. The van der Waals surface area contributed by atoms with E-state index in [9.17, 15) is 9.59 Å². The fraction of sp³-hybridized carbons (Fsp3) is 0.714. The number of hydrogen-bond acceptors (Lipinski definition) is 5. The van der Waals surface area contributed by atoms with E-state index in [1.807, 2.05) is 6.08 Å². The van der Waals surface area contributed by atoms with Crippen LogP contribution in [0.2, 0.25) is 0 Å². The molecule has 19 heavy (non-hydrogen) atoms.